The summed E-state index contributed by atoms with van der Waals surface area (Å²) in [5.41, 5.74) is 1.79. The minimum absolute atomic E-state index is 0.225. The average Bonchev–Trinajstić information content (AvgIpc) is 2.85. The second-order valence-corrected chi connectivity index (χ2v) is 6.16. The molecule has 0 spiro atoms. The van der Waals surface area contributed by atoms with E-state index < -0.39 is 17.8 Å². The van der Waals surface area contributed by atoms with Gasteiger partial charge in [0.2, 0.25) is 5.88 Å². The quantitative estimate of drug-likeness (QED) is 0.720. The SMILES string of the molecule is CCc1cc(Cn2c(C)c(O)n(-c3ccc(OC(F)(F)F)cc3)c2=O)ccn1. The summed E-state index contributed by atoms with van der Waals surface area (Å²) < 4.78 is 43.1. The van der Waals surface area contributed by atoms with Crippen molar-refractivity contribution in [2.24, 2.45) is 0 Å². The van der Waals surface area contributed by atoms with Crippen LogP contribution in [-0.4, -0.2) is 25.6 Å². The van der Waals surface area contributed by atoms with E-state index in [9.17, 15) is 23.1 Å². The fourth-order valence-electron chi connectivity index (χ4n) is 2.86. The molecule has 148 valence electrons. The van der Waals surface area contributed by atoms with Crippen LogP contribution in [0.4, 0.5) is 13.2 Å². The molecule has 2 heterocycles. The Bertz CT molecular complexity index is 1040. The third kappa shape index (κ3) is 4.03. The lowest BCUT2D eigenvalue weighted by molar-refractivity contribution is -0.274. The molecular weight excluding hydrogens is 375 g/mol. The van der Waals surface area contributed by atoms with E-state index in [1.54, 1.807) is 19.2 Å². The van der Waals surface area contributed by atoms with Gasteiger partial charge in [0, 0.05) is 11.9 Å². The number of nitrogens with zero attached hydrogens (tertiary/aromatic N) is 3. The van der Waals surface area contributed by atoms with E-state index in [0.29, 0.717) is 5.69 Å². The van der Waals surface area contributed by atoms with Crippen LogP contribution >= 0.6 is 0 Å². The van der Waals surface area contributed by atoms with Gasteiger partial charge in [-0.1, -0.05) is 6.92 Å². The van der Waals surface area contributed by atoms with Crippen LogP contribution in [0.25, 0.3) is 5.69 Å². The van der Waals surface area contributed by atoms with E-state index >= 15 is 0 Å². The Kier molecular flexibility index (Phi) is 5.17. The van der Waals surface area contributed by atoms with Gasteiger partial charge in [-0.15, -0.1) is 13.2 Å². The topological polar surface area (TPSA) is 69.3 Å². The highest BCUT2D eigenvalue weighted by Gasteiger charge is 2.31. The summed E-state index contributed by atoms with van der Waals surface area (Å²) in [6, 6.07) is 8.36. The summed E-state index contributed by atoms with van der Waals surface area (Å²) in [5, 5.41) is 10.4. The lowest BCUT2D eigenvalue weighted by Gasteiger charge is -2.09. The zero-order chi connectivity index (χ0) is 20.5. The summed E-state index contributed by atoms with van der Waals surface area (Å²) in [6.45, 7) is 3.80. The van der Waals surface area contributed by atoms with Crippen LogP contribution in [0, 0.1) is 6.92 Å². The molecule has 0 bridgehead atoms. The molecule has 6 nitrogen and oxygen atoms in total. The first-order valence-electron chi connectivity index (χ1n) is 8.50. The molecule has 3 aromatic rings. The van der Waals surface area contributed by atoms with Crippen molar-refractivity contribution in [1.82, 2.24) is 14.1 Å². The van der Waals surface area contributed by atoms with Gasteiger partial charge in [0.25, 0.3) is 0 Å². The van der Waals surface area contributed by atoms with Crippen molar-refractivity contribution in [2.75, 3.05) is 0 Å². The van der Waals surface area contributed by atoms with Gasteiger partial charge in [-0.05, 0) is 55.3 Å². The third-order valence-electron chi connectivity index (χ3n) is 4.27. The maximum atomic E-state index is 12.8. The monoisotopic (exact) mass is 393 g/mol. The predicted molar refractivity (Wildman–Crippen MR) is 95.8 cm³/mol. The molecule has 28 heavy (non-hydrogen) atoms. The van der Waals surface area contributed by atoms with Crippen LogP contribution in [0.15, 0.2) is 47.4 Å². The summed E-state index contributed by atoms with van der Waals surface area (Å²) in [6.07, 6.45) is -2.40. The van der Waals surface area contributed by atoms with E-state index in [1.807, 2.05) is 13.0 Å². The van der Waals surface area contributed by atoms with Crippen molar-refractivity contribution in [1.29, 1.82) is 0 Å². The summed E-state index contributed by atoms with van der Waals surface area (Å²) in [7, 11) is 0. The number of aromatic nitrogens is 3. The number of halogens is 3. The normalized spacial score (nSPS) is 11.6. The fourth-order valence-corrected chi connectivity index (χ4v) is 2.86. The van der Waals surface area contributed by atoms with Gasteiger partial charge >= 0.3 is 12.1 Å². The number of aromatic hydroxyl groups is 1. The summed E-state index contributed by atoms with van der Waals surface area (Å²) in [4.78, 5) is 17.0. The molecule has 0 aliphatic carbocycles. The Balaban J connectivity index is 1.95. The Morgan fingerprint density at radius 1 is 1.18 bits per heavy atom. The number of benzene rings is 1. The first-order valence-corrected chi connectivity index (χ1v) is 8.50. The molecule has 0 aliphatic heterocycles. The minimum atomic E-state index is -4.80. The summed E-state index contributed by atoms with van der Waals surface area (Å²) in [5.74, 6) is -0.692. The molecule has 0 aliphatic rings. The highest BCUT2D eigenvalue weighted by molar-refractivity contribution is 5.41. The zero-order valence-electron chi connectivity index (χ0n) is 15.2. The van der Waals surface area contributed by atoms with Crippen molar-refractivity contribution in [2.45, 2.75) is 33.2 Å². The molecule has 0 amide bonds. The fraction of sp³-hybridized carbons (Fsp3) is 0.263. The van der Waals surface area contributed by atoms with Crippen LogP contribution in [0.5, 0.6) is 11.6 Å². The van der Waals surface area contributed by atoms with Crippen molar-refractivity contribution < 1.29 is 23.0 Å². The summed E-state index contributed by atoms with van der Waals surface area (Å²) >= 11 is 0. The molecule has 1 N–H and O–H groups in total. The van der Waals surface area contributed by atoms with Gasteiger partial charge in [0.05, 0.1) is 17.9 Å². The maximum absolute atomic E-state index is 12.8. The molecule has 0 saturated carbocycles. The van der Waals surface area contributed by atoms with Crippen LogP contribution in [0.1, 0.15) is 23.9 Å². The molecule has 0 radical (unpaired) electrons. The number of hydrogen-bond donors (Lipinski definition) is 1. The highest BCUT2D eigenvalue weighted by Crippen LogP contribution is 2.25. The Morgan fingerprint density at radius 3 is 2.46 bits per heavy atom. The molecule has 1 aromatic carbocycles. The average molecular weight is 393 g/mol. The predicted octanol–water partition coefficient (Wildman–Crippen LogP) is 3.56. The first-order chi connectivity index (χ1) is 13.2. The van der Waals surface area contributed by atoms with Crippen molar-refractivity contribution in [3.8, 4) is 17.3 Å². The highest BCUT2D eigenvalue weighted by atomic mass is 19.4. The standard InChI is InChI=1S/C19H18F3N3O3/c1-3-14-10-13(8-9-23-14)11-24-12(2)17(26)25(18(24)27)15-4-6-16(7-5-15)28-19(20,21)22/h4-10,26H,3,11H2,1-2H3. The van der Waals surface area contributed by atoms with Crippen LogP contribution in [0.2, 0.25) is 0 Å². The van der Waals surface area contributed by atoms with Gasteiger partial charge in [0.1, 0.15) is 5.75 Å². The molecule has 0 fully saturated rings. The van der Waals surface area contributed by atoms with Crippen LogP contribution in [0.3, 0.4) is 0 Å². The van der Waals surface area contributed by atoms with Gasteiger partial charge < -0.3 is 9.84 Å². The third-order valence-corrected chi connectivity index (χ3v) is 4.27. The minimum Gasteiger partial charge on any atom is -0.493 e. The molecule has 0 atom stereocenters. The van der Waals surface area contributed by atoms with Gasteiger partial charge in [-0.3, -0.25) is 9.55 Å². The molecule has 2 aromatic heterocycles. The zero-order valence-corrected chi connectivity index (χ0v) is 15.2. The molecule has 3 rings (SSSR count). The number of rotatable bonds is 5. The number of alkyl halides is 3. The van der Waals surface area contributed by atoms with Crippen LogP contribution in [-0.2, 0) is 13.0 Å². The van der Waals surface area contributed by atoms with E-state index in [-0.39, 0.29) is 18.1 Å². The maximum Gasteiger partial charge on any atom is 0.573 e. The second kappa shape index (κ2) is 7.41. The number of pyridine rings is 1. The van der Waals surface area contributed by atoms with Gasteiger partial charge in [0.15, 0.2) is 0 Å². The largest absolute Gasteiger partial charge is 0.573 e. The van der Waals surface area contributed by atoms with Crippen molar-refractivity contribution in [3.05, 3.63) is 70.0 Å². The van der Waals surface area contributed by atoms with Gasteiger partial charge in [-0.2, -0.15) is 0 Å². The second-order valence-electron chi connectivity index (χ2n) is 6.16. The number of ether oxygens (including phenoxy) is 1. The number of aryl methyl sites for hydroxylation is 1. The van der Waals surface area contributed by atoms with E-state index in [4.69, 9.17) is 0 Å². The lowest BCUT2D eigenvalue weighted by atomic mass is 10.2. The molecular formula is C19H18F3N3O3. The van der Waals surface area contributed by atoms with Crippen molar-refractivity contribution in [3.63, 3.8) is 0 Å². The molecule has 0 saturated heterocycles. The van der Waals surface area contributed by atoms with E-state index in [1.165, 1.54) is 16.7 Å². The number of hydrogen-bond acceptors (Lipinski definition) is 4. The smallest absolute Gasteiger partial charge is 0.493 e. The number of imidazole rings is 1. The van der Waals surface area contributed by atoms with Gasteiger partial charge in [-0.25, -0.2) is 9.36 Å². The molecule has 0 unspecified atom stereocenters. The molecule has 9 heteroatoms. The van der Waals surface area contributed by atoms with E-state index in [2.05, 4.69) is 9.72 Å². The lowest BCUT2D eigenvalue weighted by Crippen LogP contribution is -2.24. The Hall–Kier alpha value is -3.23. The van der Waals surface area contributed by atoms with E-state index in [0.717, 1.165) is 34.4 Å². The Labute approximate surface area is 158 Å². The first kappa shape index (κ1) is 19.5. The van der Waals surface area contributed by atoms with Crippen LogP contribution < -0.4 is 10.4 Å². The Morgan fingerprint density at radius 2 is 1.86 bits per heavy atom. The van der Waals surface area contributed by atoms with Crippen molar-refractivity contribution >= 4 is 0 Å².